The SMILES string of the molecule is COc1[c-]cc(C(C)(C)C)cc1-c1ccccc1.[Br-].[Mg+2]. The molecule has 2 rings (SSSR count). The third-order valence-corrected chi connectivity index (χ3v) is 3.06. The van der Waals surface area contributed by atoms with Crippen molar-refractivity contribution in [2.45, 2.75) is 26.2 Å². The number of hydrogen-bond donors (Lipinski definition) is 0. The van der Waals surface area contributed by atoms with Gasteiger partial charge in [-0.2, -0.15) is 12.1 Å². The van der Waals surface area contributed by atoms with Crippen molar-refractivity contribution in [3.63, 3.8) is 0 Å². The Balaban J connectivity index is 0.00000180. The van der Waals surface area contributed by atoms with Crippen LogP contribution in [-0.2, 0) is 5.41 Å². The topological polar surface area (TPSA) is 9.23 Å². The van der Waals surface area contributed by atoms with Crippen LogP contribution in [0.3, 0.4) is 0 Å². The van der Waals surface area contributed by atoms with Crippen LogP contribution in [0, 0.1) is 6.07 Å². The summed E-state index contributed by atoms with van der Waals surface area (Å²) in [6, 6.07) is 17.7. The molecular formula is C17H19BrMgO. The van der Waals surface area contributed by atoms with Crippen LogP contribution >= 0.6 is 0 Å². The molecule has 0 aromatic heterocycles. The van der Waals surface area contributed by atoms with Gasteiger partial charge in [0, 0.05) is 5.75 Å². The minimum absolute atomic E-state index is 0. The van der Waals surface area contributed by atoms with Crippen molar-refractivity contribution in [3.05, 3.63) is 54.1 Å². The summed E-state index contributed by atoms with van der Waals surface area (Å²) in [4.78, 5) is 0. The van der Waals surface area contributed by atoms with Crippen molar-refractivity contribution in [2.24, 2.45) is 0 Å². The molecule has 20 heavy (non-hydrogen) atoms. The quantitative estimate of drug-likeness (QED) is 0.586. The van der Waals surface area contributed by atoms with E-state index in [9.17, 15) is 0 Å². The first-order valence-corrected chi connectivity index (χ1v) is 6.18. The van der Waals surface area contributed by atoms with E-state index < -0.39 is 0 Å². The van der Waals surface area contributed by atoms with Crippen LogP contribution in [0.2, 0.25) is 0 Å². The molecule has 0 heterocycles. The van der Waals surface area contributed by atoms with E-state index in [1.54, 1.807) is 7.11 Å². The maximum absolute atomic E-state index is 5.41. The van der Waals surface area contributed by atoms with Crippen LogP contribution in [0.5, 0.6) is 5.75 Å². The van der Waals surface area contributed by atoms with E-state index in [1.165, 1.54) is 5.56 Å². The zero-order valence-corrected chi connectivity index (χ0v) is 15.5. The molecule has 0 bridgehead atoms. The number of hydrogen-bond acceptors (Lipinski definition) is 1. The number of ether oxygens (including phenoxy) is 1. The molecular weight excluding hydrogens is 324 g/mol. The molecule has 0 spiro atoms. The average molecular weight is 344 g/mol. The minimum atomic E-state index is 0. The Kier molecular flexibility index (Phi) is 7.85. The van der Waals surface area contributed by atoms with Gasteiger partial charge in [0.25, 0.3) is 0 Å². The van der Waals surface area contributed by atoms with Gasteiger partial charge in [-0.25, -0.2) is 0 Å². The molecule has 2 aromatic rings. The number of methoxy groups -OCH3 is 1. The van der Waals surface area contributed by atoms with Gasteiger partial charge >= 0.3 is 23.1 Å². The molecule has 0 aliphatic rings. The Morgan fingerprint density at radius 2 is 1.65 bits per heavy atom. The van der Waals surface area contributed by atoms with Gasteiger partial charge in [-0.1, -0.05) is 67.6 Å². The summed E-state index contributed by atoms with van der Waals surface area (Å²) in [5.41, 5.74) is 3.65. The fourth-order valence-corrected chi connectivity index (χ4v) is 1.92. The number of halogens is 1. The van der Waals surface area contributed by atoms with Crippen molar-refractivity contribution in [1.82, 2.24) is 0 Å². The van der Waals surface area contributed by atoms with Crippen LogP contribution < -0.4 is 21.7 Å². The van der Waals surface area contributed by atoms with Gasteiger partial charge in [-0.05, 0) is 0 Å². The molecule has 0 atom stereocenters. The molecule has 0 aliphatic heterocycles. The van der Waals surface area contributed by atoms with Gasteiger partial charge in [-0.3, -0.25) is 0 Å². The van der Waals surface area contributed by atoms with Crippen LogP contribution in [0.25, 0.3) is 11.1 Å². The van der Waals surface area contributed by atoms with E-state index in [0.717, 1.165) is 16.9 Å². The summed E-state index contributed by atoms with van der Waals surface area (Å²) in [5, 5.41) is 0. The monoisotopic (exact) mass is 342 g/mol. The zero-order chi connectivity index (χ0) is 13.2. The van der Waals surface area contributed by atoms with Gasteiger partial charge < -0.3 is 21.7 Å². The predicted octanol–water partition coefficient (Wildman–Crippen LogP) is 1.08. The second-order valence-electron chi connectivity index (χ2n) is 5.45. The largest absolute Gasteiger partial charge is 2.00 e. The first kappa shape index (κ1) is 19.5. The van der Waals surface area contributed by atoms with Crippen LogP contribution in [0.1, 0.15) is 26.3 Å². The fraction of sp³-hybridized carbons (Fsp3) is 0.294. The van der Waals surface area contributed by atoms with E-state index in [-0.39, 0.29) is 45.4 Å². The van der Waals surface area contributed by atoms with E-state index in [4.69, 9.17) is 4.74 Å². The first-order valence-electron chi connectivity index (χ1n) is 6.18. The minimum Gasteiger partial charge on any atom is -1.00 e. The molecule has 3 heteroatoms. The van der Waals surface area contributed by atoms with Crippen molar-refractivity contribution >= 4 is 23.1 Å². The molecule has 102 valence electrons. The van der Waals surface area contributed by atoms with Crippen molar-refractivity contribution in [3.8, 4) is 16.9 Å². The van der Waals surface area contributed by atoms with Crippen molar-refractivity contribution in [2.75, 3.05) is 7.11 Å². The maximum Gasteiger partial charge on any atom is 2.00 e. The molecule has 0 saturated heterocycles. The van der Waals surface area contributed by atoms with E-state index in [1.807, 2.05) is 24.3 Å². The van der Waals surface area contributed by atoms with Crippen molar-refractivity contribution < 1.29 is 21.7 Å². The van der Waals surface area contributed by atoms with Crippen LogP contribution in [0.15, 0.2) is 42.5 Å². The van der Waals surface area contributed by atoms with Gasteiger partial charge in [0.1, 0.15) is 0 Å². The molecule has 0 aliphatic carbocycles. The molecule has 0 unspecified atom stereocenters. The zero-order valence-electron chi connectivity index (χ0n) is 12.5. The molecule has 0 fully saturated rings. The summed E-state index contributed by atoms with van der Waals surface area (Å²) < 4.78 is 5.41. The molecule has 2 aromatic carbocycles. The van der Waals surface area contributed by atoms with Gasteiger partial charge in [-0.15, -0.1) is 11.6 Å². The number of rotatable bonds is 2. The maximum atomic E-state index is 5.41. The summed E-state index contributed by atoms with van der Waals surface area (Å²) >= 11 is 0. The van der Waals surface area contributed by atoms with E-state index in [0.29, 0.717) is 0 Å². The van der Waals surface area contributed by atoms with E-state index >= 15 is 0 Å². The van der Waals surface area contributed by atoms with Gasteiger partial charge in [0.05, 0.1) is 7.11 Å². The molecule has 0 N–H and O–H groups in total. The van der Waals surface area contributed by atoms with Crippen molar-refractivity contribution in [1.29, 1.82) is 0 Å². The Hall–Kier alpha value is -0.514. The summed E-state index contributed by atoms with van der Waals surface area (Å²) in [6.45, 7) is 6.62. The average Bonchev–Trinajstić information content (AvgIpc) is 2.38. The van der Waals surface area contributed by atoms with Crippen LogP contribution in [-0.4, -0.2) is 30.2 Å². The number of benzene rings is 2. The Morgan fingerprint density at radius 1 is 1.05 bits per heavy atom. The summed E-state index contributed by atoms with van der Waals surface area (Å²) in [5.74, 6) is 0.800. The van der Waals surface area contributed by atoms with Gasteiger partial charge in [0.15, 0.2) is 0 Å². The standard InChI is InChI=1S/C17H19O.BrH.Mg/c1-17(2,3)14-10-11-16(18-4)15(12-14)13-8-6-5-7-9-13;;/h5-10,12H,1-4H3;1H;/q-1;;+2/p-1. The second-order valence-corrected chi connectivity index (χ2v) is 5.45. The van der Waals surface area contributed by atoms with Gasteiger partial charge in [0.2, 0.25) is 0 Å². The fourth-order valence-electron chi connectivity index (χ4n) is 1.92. The molecule has 0 radical (unpaired) electrons. The second kappa shape index (κ2) is 8.06. The third-order valence-electron chi connectivity index (χ3n) is 3.06. The first-order chi connectivity index (χ1) is 8.52. The van der Waals surface area contributed by atoms with E-state index in [2.05, 4.69) is 45.0 Å². The molecule has 0 saturated carbocycles. The predicted molar refractivity (Wildman–Crippen MR) is 81.7 cm³/mol. The normalized spacial score (nSPS) is 10.2. The summed E-state index contributed by atoms with van der Waals surface area (Å²) in [7, 11) is 1.69. The molecule has 0 amide bonds. The van der Waals surface area contributed by atoms with Crippen LogP contribution in [0.4, 0.5) is 0 Å². The third kappa shape index (κ3) is 4.50. The Morgan fingerprint density at radius 3 is 2.15 bits per heavy atom. The summed E-state index contributed by atoms with van der Waals surface area (Å²) in [6.07, 6.45) is 0. The Bertz CT molecular complexity index is 532. The Labute approximate surface area is 148 Å². The molecule has 1 nitrogen and oxygen atoms in total. The smallest absolute Gasteiger partial charge is 1.00 e.